The molecule has 0 aliphatic heterocycles. The Balaban J connectivity index is 2.36. The predicted octanol–water partition coefficient (Wildman–Crippen LogP) is 0.725. The number of nitrogens with zero attached hydrogens (tertiary/aromatic N) is 1. The smallest absolute Gasteiger partial charge is 0.337 e. The Morgan fingerprint density at radius 3 is 2.65 bits per heavy atom. The molecule has 3 N–H and O–H groups in total. The molecule has 0 saturated heterocycles. The van der Waals surface area contributed by atoms with Crippen molar-refractivity contribution in [1.82, 2.24) is 9.97 Å². The minimum Gasteiger partial charge on any atom is -0.465 e. The molecule has 1 aromatic carbocycles. The summed E-state index contributed by atoms with van der Waals surface area (Å²) in [7, 11) is 1.32. The summed E-state index contributed by atoms with van der Waals surface area (Å²) in [6.07, 6.45) is 0.539. The Morgan fingerprint density at radius 2 is 2.05 bits per heavy atom. The summed E-state index contributed by atoms with van der Waals surface area (Å²) in [4.78, 5) is 29.9. The summed E-state index contributed by atoms with van der Waals surface area (Å²) in [6.45, 7) is 0.428. The molecule has 0 unspecified atom stereocenters. The highest BCUT2D eigenvalue weighted by atomic mass is 16.5. The van der Waals surface area contributed by atoms with Gasteiger partial charge in [0.05, 0.1) is 12.7 Å². The molecule has 0 aliphatic rings. The number of nitrogens with two attached hydrogens (primary N) is 1. The van der Waals surface area contributed by atoms with Gasteiger partial charge in [0.15, 0.2) is 0 Å². The second-order valence-electron chi connectivity index (χ2n) is 4.19. The number of methoxy groups -OCH3 is 1. The third kappa shape index (κ3) is 3.10. The minimum atomic E-state index is -0.408. The number of aromatic amines is 1. The number of H-pyrrole nitrogens is 1. The molecule has 6 heteroatoms. The fourth-order valence-corrected chi connectivity index (χ4v) is 1.80. The van der Waals surface area contributed by atoms with Crippen LogP contribution in [0.2, 0.25) is 0 Å². The molecule has 20 heavy (non-hydrogen) atoms. The number of hydrogen-bond acceptors (Lipinski definition) is 5. The highest BCUT2D eigenvalue weighted by molar-refractivity contribution is 5.89. The van der Waals surface area contributed by atoms with Crippen molar-refractivity contribution in [3.05, 3.63) is 51.9 Å². The van der Waals surface area contributed by atoms with Crippen LogP contribution in [0.4, 0.5) is 0 Å². The number of benzene rings is 1. The second kappa shape index (κ2) is 6.12. The van der Waals surface area contributed by atoms with Gasteiger partial charge in [-0.2, -0.15) is 0 Å². The molecule has 1 aromatic heterocycles. The first kappa shape index (κ1) is 14.0. The summed E-state index contributed by atoms with van der Waals surface area (Å²) in [5, 5.41) is 0. The van der Waals surface area contributed by atoms with E-state index in [0.717, 1.165) is 0 Å². The molecule has 0 aliphatic carbocycles. The highest BCUT2D eigenvalue weighted by Crippen LogP contribution is 2.15. The number of esters is 1. The standard InChI is InChI=1S/C14H15N3O3/c1-20-14(19)10-4-2-9(3-5-10)13-16-11(6-7-15)8-12(18)17-13/h2-5,8H,6-7,15H2,1H3,(H,16,17,18). The molecular weight excluding hydrogens is 258 g/mol. The number of hydrogen-bond donors (Lipinski definition) is 2. The maximum Gasteiger partial charge on any atom is 0.337 e. The maximum absolute atomic E-state index is 11.6. The van der Waals surface area contributed by atoms with Gasteiger partial charge in [-0.1, -0.05) is 12.1 Å². The van der Waals surface area contributed by atoms with Gasteiger partial charge in [0.2, 0.25) is 0 Å². The zero-order valence-electron chi connectivity index (χ0n) is 11.1. The van der Waals surface area contributed by atoms with Crippen molar-refractivity contribution in [3.63, 3.8) is 0 Å². The molecular formula is C14H15N3O3. The zero-order valence-corrected chi connectivity index (χ0v) is 11.1. The quantitative estimate of drug-likeness (QED) is 0.800. The zero-order chi connectivity index (χ0) is 14.5. The van der Waals surface area contributed by atoms with E-state index in [1.54, 1.807) is 24.3 Å². The Labute approximate surface area is 115 Å². The van der Waals surface area contributed by atoms with Gasteiger partial charge >= 0.3 is 5.97 Å². The summed E-state index contributed by atoms with van der Waals surface area (Å²) in [5.74, 6) is 0.0484. The number of ether oxygens (including phenoxy) is 1. The van der Waals surface area contributed by atoms with Crippen molar-refractivity contribution in [2.45, 2.75) is 6.42 Å². The largest absolute Gasteiger partial charge is 0.465 e. The van der Waals surface area contributed by atoms with Crippen LogP contribution < -0.4 is 11.3 Å². The van der Waals surface area contributed by atoms with Crippen molar-refractivity contribution < 1.29 is 9.53 Å². The molecule has 2 aromatic rings. The number of aromatic nitrogens is 2. The van der Waals surface area contributed by atoms with Crippen molar-refractivity contribution in [3.8, 4) is 11.4 Å². The lowest BCUT2D eigenvalue weighted by Gasteiger charge is -2.05. The predicted molar refractivity (Wildman–Crippen MR) is 74.4 cm³/mol. The topological polar surface area (TPSA) is 98.1 Å². The molecule has 0 bridgehead atoms. The van der Waals surface area contributed by atoms with Crippen LogP contribution in [0.25, 0.3) is 11.4 Å². The normalized spacial score (nSPS) is 10.3. The highest BCUT2D eigenvalue weighted by Gasteiger charge is 2.07. The second-order valence-corrected chi connectivity index (χ2v) is 4.19. The Morgan fingerprint density at radius 1 is 1.35 bits per heavy atom. The van der Waals surface area contributed by atoms with Gasteiger partial charge in [-0.25, -0.2) is 9.78 Å². The maximum atomic E-state index is 11.6. The van der Waals surface area contributed by atoms with Gasteiger partial charge in [0.1, 0.15) is 5.82 Å². The van der Waals surface area contributed by atoms with Gasteiger partial charge in [0.25, 0.3) is 5.56 Å². The van der Waals surface area contributed by atoms with Crippen molar-refractivity contribution >= 4 is 5.97 Å². The minimum absolute atomic E-state index is 0.226. The van der Waals surface area contributed by atoms with Crippen LogP contribution in [0.5, 0.6) is 0 Å². The monoisotopic (exact) mass is 273 g/mol. The molecule has 0 atom stereocenters. The first-order valence-electron chi connectivity index (χ1n) is 6.13. The van der Waals surface area contributed by atoms with Crippen LogP contribution in [0, 0.1) is 0 Å². The number of carbonyl (C=O) groups is 1. The van der Waals surface area contributed by atoms with E-state index in [1.807, 2.05) is 0 Å². The van der Waals surface area contributed by atoms with Crippen LogP contribution in [0.3, 0.4) is 0 Å². The summed E-state index contributed by atoms with van der Waals surface area (Å²) < 4.78 is 4.63. The molecule has 0 amide bonds. The molecule has 104 valence electrons. The molecule has 0 fully saturated rings. The third-order valence-electron chi connectivity index (χ3n) is 2.77. The van der Waals surface area contributed by atoms with Crippen LogP contribution in [0.1, 0.15) is 16.1 Å². The van der Waals surface area contributed by atoms with E-state index in [4.69, 9.17) is 5.73 Å². The SMILES string of the molecule is COC(=O)c1ccc(-c2nc(CCN)cc(=O)[nH]2)cc1. The van der Waals surface area contributed by atoms with Crippen molar-refractivity contribution in [2.75, 3.05) is 13.7 Å². The van der Waals surface area contributed by atoms with Gasteiger partial charge in [0, 0.05) is 23.7 Å². The number of nitrogens with one attached hydrogen (secondary N) is 1. The fourth-order valence-electron chi connectivity index (χ4n) is 1.80. The average Bonchev–Trinajstić information content (AvgIpc) is 2.46. The lowest BCUT2D eigenvalue weighted by molar-refractivity contribution is 0.0601. The number of rotatable bonds is 4. The molecule has 0 spiro atoms. The fraction of sp³-hybridized carbons (Fsp3) is 0.214. The lowest BCUT2D eigenvalue weighted by Crippen LogP contribution is -2.13. The Hall–Kier alpha value is -2.47. The summed E-state index contributed by atoms with van der Waals surface area (Å²) >= 11 is 0. The van der Waals surface area contributed by atoms with E-state index in [1.165, 1.54) is 13.2 Å². The van der Waals surface area contributed by atoms with E-state index in [0.29, 0.717) is 35.6 Å². The van der Waals surface area contributed by atoms with Gasteiger partial charge in [-0.15, -0.1) is 0 Å². The van der Waals surface area contributed by atoms with Crippen molar-refractivity contribution in [2.24, 2.45) is 5.73 Å². The third-order valence-corrected chi connectivity index (χ3v) is 2.77. The van der Waals surface area contributed by atoms with Gasteiger partial charge < -0.3 is 15.5 Å². The molecule has 6 nitrogen and oxygen atoms in total. The first-order chi connectivity index (χ1) is 9.63. The van der Waals surface area contributed by atoms with Gasteiger partial charge in [-0.05, 0) is 18.7 Å². The average molecular weight is 273 g/mol. The molecule has 1 heterocycles. The van der Waals surface area contributed by atoms with E-state index < -0.39 is 5.97 Å². The lowest BCUT2D eigenvalue weighted by atomic mass is 10.1. The summed E-state index contributed by atoms with van der Waals surface area (Å²) in [6, 6.07) is 8.08. The Kier molecular flexibility index (Phi) is 4.27. The molecule has 0 radical (unpaired) electrons. The van der Waals surface area contributed by atoms with Crippen LogP contribution in [0.15, 0.2) is 35.1 Å². The molecule has 0 saturated carbocycles. The van der Waals surface area contributed by atoms with Crippen LogP contribution >= 0.6 is 0 Å². The van der Waals surface area contributed by atoms with E-state index >= 15 is 0 Å². The van der Waals surface area contributed by atoms with Crippen LogP contribution in [-0.2, 0) is 11.2 Å². The van der Waals surface area contributed by atoms with E-state index in [9.17, 15) is 9.59 Å². The van der Waals surface area contributed by atoms with Crippen molar-refractivity contribution in [1.29, 1.82) is 0 Å². The molecule has 2 rings (SSSR count). The Bertz CT molecular complexity index is 662. The summed E-state index contributed by atoms with van der Waals surface area (Å²) in [5.41, 5.74) is 7.04. The van der Waals surface area contributed by atoms with E-state index in [-0.39, 0.29) is 5.56 Å². The van der Waals surface area contributed by atoms with Crippen LogP contribution in [-0.4, -0.2) is 29.6 Å². The number of carbonyl (C=O) groups excluding carboxylic acids is 1. The first-order valence-corrected chi connectivity index (χ1v) is 6.13. The van der Waals surface area contributed by atoms with Gasteiger partial charge in [-0.3, -0.25) is 4.79 Å². The van der Waals surface area contributed by atoms with E-state index in [2.05, 4.69) is 14.7 Å².